The van der Waals surface area contributed by atoms with Crippen LogP contribution in [0.25, 0.3) is 0 Å². The molecule has 0 saturated heterocycles. The first-order chi connectivity index (χ1) is 11.2. The molecular weight excluding hydrogens is 290 g/mol. The highest BCUT2D eigenvalue weighted by atomic mass is 16.5. The van der Waals surface area contributed by atoms with E-state index in [2.05, 4.69) is 23.1 Å². The second-order valence-electron chi connectivity index (χ2n) is 4.95. The zero-order valence-electron chi connectivity index (χ0n) is 13.7. The van der Waals surface area contributed by atoms with Gasteiger partial charge in [0.05, 0.1) is 13.2 Å². The summed E-state index contributed by atoms with van der Waals surface area (Å²) in [5.74, 6) is 8.49. The van der Waals surface area contributed by atoms with Crippen LogP contribution in [0.15, 0.2) is 24.3 Å². The number of benzene rings is 1. The third kappa shape index (κ3) is 7.40. The van der Waals surface area contributed by atoms with Crippen LogP contribution in [0.1, 0.15) is 37.4 Å². The van der Waals surface area contributed by atoms with Crippen LogP contribution in [0.3, 0.4) is 0 Å². The Morgan fingerprint density at radius 3 is 2.61 bits per heavy atom. The monoisotopic (exact) mass is 313 g/mol. The van der Waals surface area contributed by atoms with Gasteiger partial charge in [0.15, 0.2) is 0 Å². The molecule has 0 aliphatic heterocycles. The summed E-state index contributed by atoms with van der Waals surface area (Å²) in [7, 11) is 3.26. The molecule has 0 spiro atoms. The maximum Gasteiger partial charge on any atom is 0.220 e. The molecule has 1 rings (SSSR count). The number of methoxy groups -OCH3 is 2. The van der Waals surface area contributed by atoms with Gasteiger partial charge in [-0.1, -0.05) is 18.1 Å². The summed E-state index contributed by atoms with van der Waals surface area (Å²) >= 11 is 0. The quantitative estimate of drug-likeness (QED) is 0.563. The van der Waals surface area contributed by atoms with Gasteiger partial charge in [-0.2, -0.15) is 0 Å². The van der Waals surface area contributed by atoms with Gasteiger partial charge < -0.3 is 14.8 Å². The minimum atomic E-state index is -0.175. The summed E-state index contributed by atoms with van der Waals surface area (Å²) in [4.78, 5) is 11.8. The standard InChI is InChI=1S/C19H23NO3/c1-4-5-6-7-8-9-10-19(21)20-15-18(23-3)16-11-13-17(22-2)14-12-16/h1,11-14,18H,7-10,15H2,2-3H3,(H,20,21). The number of nitrogens with one attached hydrogen (secondary N) is 1. The molecule has 4 heteroatoms. The van der Waals surface area contributed by atoms with Crippen molar-refractivity contribution in [2.24, 2.45) is 0 Å². The zero-order valence-corrected chi connectivity index (χ0v) is 13.7. The molecule has 122 valence electrons. The molecule has 1 atom stereocenters. The Morgan fingerprint density at radius 1 is 1.26 bits per heavy atom. The lowest BCUT2D eigenvalue weighted by molar-refractivity contribution is -0.121. The van der Waals surface area contributed by atoms with Crippen LogP contribution in [-0.2, 0) is 9.53 Å². The van der Waals surface area contributed by atoms with E-state index in [1.54, 1.807) is 14.2 Å². The Hall–Kier alpha value is -2.43. The molecule has 4 nitrogen and oxygen atoms in total. The second kappa shape index (κ2) is 11.2. The van der Waals surface area contributed by atoms with Crippen molar-refractivity contribution in [1.82, 2.24) is 5.32 Å². The van der Waals surface area contributed by atoms with Gasteiger partial charge in [0, 0.05) is 26.5 Å². The molecule has 1 amide bonds. The predicted molar refractivity (Wildman–Crippen MR) is 90.8 cm³/mol. The normalized spacial score (nSPS) is 10.8. The third-order valence-corrected chi connectivity index (χ3v) is 3.37. The number of amides is 1. The summed E-state index contributed by atoms with van der Waals surface area (Å²) in [6.07, 6.45) is 7.73. The summed E-state index contributed by atoms with van der Waals surface area (Å²) < 4.78 is 10.6. The van der Waals surface area contributed by atoms with E-state index in [9.17, 15) is 4.79 Å². The van der Waals surface area contributed by atoms with Crippen molar-refractivity contribution in [3.05, 3.63) is 29.8 Å². The molecule has 1 N–H and O–H groups in total. The van der Waals surface area contributed by atoms with Crippen LogP contribution in [0.5, 0.6) is 5.75 Å². The van der Waals surface area contributed by atoms with Crippen molar-refractivity contribution in [2.75, 3.05) is 20.8 Å². The van der Waals surface area contributed by atoms with Gasteiger partial charge in [0.2, 0.25) is 5.91 Å². The number of carbonyl (C=O) groups is 1. The Bertz CT molecular complexity index is 575. The van der Waals surface area contributed by atoms with Gasteiger partial charge in [-0.25, -0.2) is 0 Å². The maximum absolute atomic E-state index is 11.8. The molecule has 0 bridgehead atoms. The van der Waals surface area contributed by atoms with Gasteiger partial charge in [-0.05, 0) is 42.4 Å². The van der Waals surface area contributed by atoms with Gasteiger partial charge in [0.25, 0.3) is 0 Å². The Kier molecular flexibility index (Phi) is 9.05. The molecule has 0 saturated carbocycles. The van der Waals surface area contributed by atoms with Crippen LogP contribution in [0.4, 0.5) is 0 Å². The van der Waals surface area contributed by atoms with E-state index in [0.717, 1.165) is 30.6 Å². The van der Waals surface area contributed by atoms with E-state index >= 15 is 0 Å². The van der Waals surface area contributed by atoms with E-state index in [0.29, 0.717) is 13.0 Å². The molecule has 0 fully saturated rings. The van der Waals surface area contributed by atoms with Crippen LogP contribution in [0.2, 0.25) is 0 Å². The van der Waals surface area contributed by atoms with Crippen LogP contribution in [-0.4, -0.2) is 26.7 Å². The lowest BCUT2D eigenvalue weighted by atomic mass is 10.1. The number of hydrogen-bond donors (Lipinski definition) is 1. The van der Waals surface area contributed by atoms with Crippen LogP contribution in [0, 0.1) is 24.2 Å². The molecule has 23 heavy (non-hydrogen) atoms. The molecule has 0 aromatic heterocycles. The zero-order chi connectivity index (χ0) is 16.9. The van der Waals surface area contributed by atoms with Crippen molar-refractivity contribution in [2.45, 2.75) is 31.8 Å². The van der Waals surface area contributed by atoms with E-state index in [1.807, 2.05) is 24.3 Å². The molecule has 0 radical (unpaired) electrons. The number of rotatable bonds is 9. The van der Waals surface area contributed by atoms with E-state index in [4.69, 9.17) is 15.9 Å². The average Bonchev–Trinajstić information content (AvgIpc) is 2.59. The number of ether oxygens (including phenoxy) is 2. The molecule has 0 aliphatic rings. The predicted octanol–water partition coefficient (Wildman–Crippen LogP) is 2.70. The number of carbonyl (C=O) groups excluding carboxylic acids is 1. The average molecular weight is 313 g/mol. The smallest absolute Gasteiger partial charge is 0.220 e. The SMILES string of the molecule is C#CC#CCCCCC(=O)NCC(OC)c1ccc(OC)cc1. The highest BCUT2D eigenvalue weighted by molar-refractivity contribution is 5.75. The Morgan fingerprint density at radius 2 is 2.00 bits per heavy atom. The van der Waals surface area contributed by atoms with Crippen LogP contribution < -0.4 is 10.1 Å². The molecule has 0 heterocycles. The minimum Gasteiger partial charge on any atom is -0.497 e. The molecular formula is C19H23NO3. The molecule has 1 aromatic rings. The van der Waals surface area contributed by atoms with Crippen molar-refractivity contribution < 1.29 is 14.3 Å². The first-order valence-corrected chi connectivity index (χ1v) is 7.58. The molecule has 0 aliphatic carbocycles. The fourth-order valence-electron chi connectivity index (χ4n) is 2.06. The van der Waals surface area contributed by atoms with Crippen LogP contribution >= 0.6 is 0 Å². The maximum atomic E-state index is 11.8. The van der Waals surface area contributed by atoms with E-state index in [1.165, 1.54) is 0 Å². The summed E-state index contributed by atoms with van der Waals surface area (Å²) in [6, 6.07) is 7.62. The van der Waals surface area contributed by atoms with E-state index < -0.39 is 0 Å². The second-order valence-corrected chi connectivity index (χ2v) is 4.95. The summed E-state index contributed by atoms with van der Waals surface area (Å²) in [5.41, 5.74) is 0.998. The Labute approximate surface area is 138 Å². The van der Waals surface area contributed by atoms with Gasteiger partial charge >= 0.3 is 0 Å². The first kappa shape index (κ1) is 18.6. The Balaban J connectivity index is 2.33. The van der Waals surface area contributed by atoms with E-state index in [-0.39, 0.29) is 12.0 Å². The van der Waals surface area contributed by atoms with Crippen molar-refractivity contribution >= 4 is 5.91 Å². The summed E-state index contributed by atoms with van der Waals surface area (Å²) in [5, 5.41) is 2.90. The first-order valence-electron chi connectivity index (χ1n) is 7.58. The number of unbranched alkanes of at least 4 members (excludes halogenated alkanes) is 2. The topological polar surface area (TPSA) is 47.6 Å². The van der Waals surface area contributed by atoms with Gasteiger partial charge in [-0.3, -0.25) is 4.79 Å². The fourth-order valence-corrected chi connectivity index (χ4v) is 2.06. The minimum absolute atomic E-state index is 0.0190. The van der Waals surface area contributed by atoms with Crippen molar-refractivity contribution in [1.29, 1.82) is 0 Å². The van der Waals surface area contributed by atoms with Gasteiger partial charge in [0.1, 0.15) is 5.75 Å². The highest BCUT2D eigenvalue weighted by Crippen LogP contribution is 2.19. The van der Waals surface area contributed by atoms with Gasteiger partial charge in [-0.15, -0.1) is 6.42 Å². The molecule has 1 aromatic carbocycles. The lowest BCUT2D eigenvalue weighted by Crippen LogP contribution is -2.28. The molecule has 1 unspecified atom stereocenters. The number of terminal acetylenes is 1. The summed E-state index contributed by atoms with van der Waals surface area (Å²) in [6.45, 7) is 0.443. The highest BCUT2D eigenvalue weighted by Gasteiger charge is 2.12. The lowest BCUT2D eigenvalue weighted by Gasteiger charge is -2.17. The largest absolute Gasteiger partial charge is 0.497 e. The van der Waals surface area contributed by atoms with Crippen molar-refractivity contribution in [3.63, 3.8) is 0 Å². The number of hydrogen-bond acceptors (Lipinski definition) is 3. The third-order valence-electron chi connectivity index (χ3n) is 3.37. The van der Waals surface area contributed by atoms with Crippen molar-refractivity contribution in [3.8, 4) is 29.9 Å². The fraction of sp³-hybridized carbons (Fsp3) is 0.421.